The molecule has 1 heterocycles. The van der Waals surface area contributed by atoms with Gasteiger partial charge in [0.2, 0.25) is 0 Å². The zero-order valence-electron chi connectivity index (χ0n) is 11.8. The number of halogens is 1. The molecule has 0 unspecified atom stereocenters. The van der Waals surface area contributed by atoms with Crippen molar-refractivity contribution < 1.29 is 8.42 Å². The lowest BCUT2D eigenvalue weighted by Crippen LogP contribution is -2.01. The smallest absolute Gasteiger partial charge is 0.175 e. The first kappa shape index (κ1) is 15.7. The van der Waals surface area contributed by atoms with E-state index in [1.807, 2.05) is 6.92 Å². The van der Waals surface area contributed by atoms with E-state index >= 15 is 0 Å². The molecule has 1 aromatic carbocycles. The van der Waals surface area contributed by atoms with Gasteiger partial charge in [-0.3, -0.25) is 0 Å². The van der Waals surface area contributed by atoms with Crippen LogP contribution in [0.25, 0.3) is 0 Å². The molecule has 0 aliphatic rings. The molecule has 0 spiro atoms. The first-order chi connectivity index (χ1) is 9.88. The molecule has 0 atom stereocenters. The number of hydrogen-bond donors (Lipinski definition) is 1. The van der Waals surface area contributed by atoms with Gasteiger partial charge in [0.25, 0.3) is 0 Å². The van der Waals surface area contributed by atoms with Crippen LogP contribution < -0.4 is 5.32 Å². The summed E-state index contributed by atoms with van der Waals surface area (Å²) in [5.41, 5.74) is 0.736. The van der Waals surface area contributed by atoms with Gasteiger partial charge in [-0.1, -0.05) is 18.5 Å². The molecule has 0 radical (unpaired) electrons. The number of nitrogens with one attached hydrogen (secondary N) is 1. The van der Waals surface area contributed by atoms with Crippen LogP contribution in [0.4, 0.5) is 11.5 Å². The summed E-state index contributed by atoms with van der Waals surface area (Å²) < 4.78 is 22.8. The van der Waals surface area contributed by atoms with Gasteiger partial charge < -0.3 is 5.32 Å². The molecule has 5 nitrogen and oxygen atoms in total. The van der Waals surface area contributed by atoms with Crippen LogP contribution in [-0.4, -0.2) is 24.6 Å². The number of benzene rings is 1. The normalized spacial score (nSPS) is 11.4. The van der Waals surface area contributed by atoms with Crippen molar-refractivity contribution in [2.45, 2.75) is 24.7 Å². The molecule has 0 saturated carbocycles. The molecule has 0 fully saturated rings. The highest BCUT2D eigenvalue weighted by atomic mass is 35.5. The maximum atomic E-state index is 11.4. The van der Waals surface area contributed by atoms with Crippen LogP contribution in [-0.2, 0) is 16.3 Å². The number of sulfone groups is 1. The molecular weight excluding hydrogens is 310 g/mol. The predicted octanol–water partition coefficient (Wildman–Crippen LogP) is 3.23. The third-order valence-electron chi connectivity index (χ3n) is 2.77. The topological polar surface area (TPSA) is 72.0 Å². The summed E-state index contributed by atoms with van der Waals surface area (Å²) >= 11 is 5.97. The van der Waals surface area contributed by atoms with Crippen molar-refractivity contribution in [3.63, 3.8) is 0 Å². The van der Waals surface area contributed by atoms with Gasteiger partial charge in [0, 0.05) is 24.4 Å². The van der Waals surface area contributed by atoms with E-state index in [4.69, 9.17) is 11.6 Å². The zero-order valence-corrected chi connectivity index (χ0v) is 13.4. The summed E-state index contributed by atoms with van der Waals surface area (Å²) in [6, 6.07) is 8.10. The van der Waals surface area contributed by atoms with Gasteiger partial charge in [-0.15, -0.1) is 0 Å². The van der Waals surface area contributed by atoms with E-state index in [1.54, 1.807) is 30.3 Å². The van der Waals surface area contributed by atoms with Crippen LogP contribution >= 0.6 is 11.6 Å². The molecule has 2 aromatic rings. The summed E-state index contributed by atoms with van der Waals surface area (Å²) in [5, 5.41) is 3.47. The average Bonchev–Trinajstić information content (AvgIpc) is 2.38. The Bertz CT molecular complexity index is 730. The lowest BCUT2D eigenvalue weighted by atomic mass is 10.3. The Morgan fingerprint density at radius 2 is 1.86 bits per heavy atom. The highest BCUT2D eigenvalue weighted by Crippen LogP contribution is 2.20. The lowest BCUT2D eigenvalue weighted by Gasteiger charge is -2.08. The van der Waals surface area contributed by atoms with Crippen molar-refractivity contribution in [1.82, 2.24) is 9.97 Å². The van der Waals surface area contributed by atoms with E-state index < -0.39 is 9.84 Å². The molecule has 0 saturated heterocycles. The Kier molecular flexibility index (Phi) is 4.80. The molecular formula is C14H16ClN3O2S. The second-order valence-electron chi connectivity index (χ2n) is 4.66. The van der Waals surface area contributed by atoms with Crippen LogP contribution in [0.2, 0.25) is 5.15 Å². The van der Waals surface area contributed by atoms with Crippen molar-refractivity contribution in [3.05, 3.63) is 41.3 Å². The van der Waals surface area contributed by atoms with E-state index in [-0.39, 0.29) is 4.90 Å². The Labute approximate surface area is 129 Å². The van der Waals surface area contributed by atoms with Gasteiger partial charge in [-0.05, 0) is 30.7 Å². The number of rotatable bonds is 5. The number of nitrogens with zero attached hydrogens (tertiary/aromatic N) is 2. The molecule has 0 aliphatic heterocycles. The average molecular weight is 326 g/mol. The Morgan fingerprint density at radius 1 is 1.19 bits per heavy atom. The van der Waals surface area contributed by atoms with Gasteiger partial charge >= 0.3 is 0 Å². The molecule has 1 aromatic heterocycles. The standard InChI is InChI=1S/C14H16ClN3O2S/c1-3-4-13-17-12(15)9-14(18-13)16-10-5-7-11(8-6-10)21(2,19)20/h5-9H,3-4H2,1-2H3,(H,16,17,18). The highest BCUT2D eigenvalue weighted by molar-refractivity contribution is 7.90. The largest absolute Gasteiger partial charge is 0.340 e. The van der Waals surface area contributed by atoms with Crippen LogP contribution in [0.3, 0.4) is 0 Å². The van der Waals surface area contributed by atoms with Crippen molar-refractivity contribution in [2.24, 2.45) is 0 Å². The van der Waals surface area contributed by atoms with E-state index in [9.17, 15) is 8.42 Å². The first-order valence-electron chi connectivity index (χ1n) is 6.49. The molecule has 0 bridgehead atoms. The quantitative estimate of drug-likeness (QED) is 0.854. The number of aromatic nitrogens is 2. The van der Waals surface area contributed by atoms with Crippen LogP contribution in [0.15, 0.2) is 35.2 Å². The van der Waals surface area contributed by atoms with E-state index in [2.05, 4.69) is 15.3 Å². The summed E-state index contributed by atoms with van der Waals surface area (Å²) in [5.74, 6) is 1.27. The number of hydrogen-bond acceptors (Lipinski definition) is 5. The van der Waals surface area contributed by atoms with Gasteiger partial charge in [-0.2, -0.15) is 0 Å². The molecule has 7 heteroatoms. The second-order valence-corrected chi connectivity index (χ2v) is 7.07. The minimum Gasteiger partial charge on any atom is -0.340 e. The van der Waals surface area contributed by atoms with E-state index in [0.29, 0.717) is 16.8 Å². The Balaban J connectivity index is 2.22. The lowest BCUT2D eigenvalue weighted by molar-refractivity contribution is 0.602. The minimum absolute atomic E-state index is 0.278. The van der Waals surface area contributed by atoms with E-state index in [1.165, 1.54) is 6.26 Å². The summed E-state index contributed by atoms with van der Waals surface area (Å²) in [7, 11) is -3.19. The fraction of sp³-hybridized carbons (Fsp3) is 0.286. The van der Waals surface area contributed by atoms with Crippen molar-refractivity contribution in [3.8, 4) is 0 Å². The third kappa shape index (κ3) is 4.41. The molecule has 21 heavy (non-hydrogen) atoms. The molecule has 112 valence electrons. The number of anilines is 2. The van der Waals surface area contributed by atoms with Crippen LogP contribution in [0, 0.1) is 0 Å². The molecule has 0 amide bonds. The first-order valence-corrected chi connectivity index (χ1v) is 8.76. The SMILES string of the molecule is CCCc1nc(Cl)cc(Nc2ccc(S(C)(=O)=O)cc2)n1. The third-order valence-corrected chi connectivity index (χ3v) is 4.09. The van der Waals surface area contributed by atoms with Gasteiger partial charge in [-0.25, -0.2) is 18.4 Å². The fourth-order valence-electron chi connectivity index (χ4n) is 1.80. The van der Waals surface area contributed by atoms with E-state index in [0.717, 1.165) is 18.5 Å². The zero-order chi connectivity index (χ0) is 15.5. The molecule has 1 N–H and O–H groups in total. The summed E-state index contributed by atoms with van der Waals surface area (Å²) in [6.07, 6.45) is 2.86. The Hall–Kier alpha value is -1.66. The maximum absolute atomic E-state index is 11.4. The van der Waals surface area contributed by atoms with Crippen LogP contribution in [0.5, 0.6) is 0 Å². The molecule has 0 aliphatic carbocycles. The summed E-state index contributed by atoms with van der Waals surface area (Å²) in [6.45, 7) is 2.04. The number of aryl methyl sites for hydroxylation is 1. The Morgan fingerprint density at radius 3 is 2.43 bits per heavy atom. The monoisotopic (exact) mass is 325 g/mol. The van der Waals surface area contributed by atoms with Crippen molar-refractivity contribution in [1.29, 1.82) is 0 Å². The predicted molar refractivity (Wildman–Crippen MR) is 83.9 cm³/mol. The van der Waals surface area contributed by atoms with Gasteiger partial charge in [0.15, 0.2) is 9.84 Å². The summed E-state index contributed by atoms with van der Waals surface area (Å²) in [4.78, 5) is 8.79. The molecule has 2 rings (SSSR count). The highest BCUT2D eigenvalue weighted by Gasteiger charge is 2.07. The van der Waals surface area contributed by atoms with Crippen molar-refractivity contribution in [2.75, 3.05) is 11.6 Å². The van der Waals surface area contributed by atoms with Crippen LogP contribution in [0.1, 0.15) is 19.2 Å². The second kappa shape index (κ2) is 6.41. The fourth-order valence-corrected chi connectivity index (χ4v) is 2.63. The maximum Gasteiger partial charge on any atom is 0.175 e. The van der Waals surface area contributed by atoms with Gasteiger partial charge in [0.05, 0.1) is 4.90 Å². The van der Waals surface area contributed by atoms with Gasteiger partial charge in [0.1, 0.15) is 16.8 Å². The minimum atomic E-state index is -3.19. The van der Waals surface area contributed by atoms with Crippen molar-refractivity contribution >= 4 is 32.9 Å².